The number of amides is 1. The fourth-order valence-electron chi connectivity index (χ4n) is 2.41. The summed E-state index contributed by atoms with van der Waals surface area (Å²) in [6.45, 7) is 4.68. The van der Waals surface area contributed by atoms with E-state index < -0.39 is 6.10 Å². The summed E-state index contributed by atoms with van der Waals surface area (Å²) in [5, 5.41) is 0. The van der Waals surface area contributed by atoms with Crippen LogP contribution in [0.25, 0.3) is 0 Å². The summed E-state index contributed by atoms with van der Waals surface area (Å²) in [4.78, 5) is 14.0. The second-order valence-electron chi connectivity index (χ2n) is 5.00. The van der Waals surface area contributed by atoms with Gasteiger partial charge in [0.1, 0.15) is 11.4 Å². The fourth-order valence-corrected chi connectivity index (χ4v) is 2.41. The molecule has 0 fully saturated rings. The molecule has 0 spiro atoms. The lowest BCUT2D eigenvalue weighted by molar-refractivity contribution is -0.125. The van der Waals surface area contributed by atoms with Crippen molar-refractivity contribution in [1.29, 1.82) is 0 Å². The van der Waals surface area contributed by atoms with E-state index in [1.165, 1.54) is 12.8 Å². The van der Waals surface area contributed by atoms with Crippen LogP contribution in [0.5, 0.6) is 5.75 Å². The maximum atomic E-state index is 12.2. The summed E-state index contributed by atoms with van der Waals surface area (Å²) < 4.78 is 5.61. The molecule has 1 aromatic rings. The minimum atomic E-state index is -0.430. The van der Waals surface area contributed by atoms with Crippen molar-refractivity contribution in [2.75, 3.05) is 17.2 Å². The molecule has 0 saturated carbocycles. The number of nitrogens with zero attached hydrogens (tertiary/aromatic N) is 1. The number of ether oxygens (including phenoxy) is 1. The van der Waals surface area contributed by atoms with Gasteiger partial charge in [0.15, 0.2) is 6.10 Å². The number of unbranched alkanes of at least 4 members (excludes halogenated alkanes) is 3. The van der Waals surface area contributed by atoms with E-state index in [1.54, 1.807) is 11.8 Å². The first kappa shape index (κ1) is 13.7. The van der Waals surface area contributed by atoms with Crippen molar-refractivity contribution in [2.24, 2.45) is 0 Å². The van der Waals surface area contributed by atoms with Gasteiger partial charge in [0.05, 0.1) is 5.69 Å². The van der Waals surface area contributed by atoms with Crippen molar-refractivity contribution in [3.63, 3.8) is 0 Å². The highest BCUT2D eigenvalue weighted by Gasteiger charge is 2.32. The average molecular weight is 262 g/mol. The second-order valence-corrected chi connectivity index (χ2v) is 5.00. The minimum absolute atomic E-state index is 0.00176. The van der Waals surface area contributed by atoms with Gasteiger partial charge in [-0.2, -0.15) is 0 Å². The van der Waals surface area contributed by atoms with Crippen LogP contribution in [0.2, 0.25) is 0 Å². The van der Waals surface area contributed by atoms with Crippen LogP contribution in [0.15, 0.2) is 18.2 Å². The van der Waals surface area contributed by atoms with Crippen LogP contribution in [0.1, 0.15) is 39.5 Å². The zero-order valence-electron chi connectivity index (χ0n) is 11.7. The number of nitrogens with two attached hydrogens (primary N) is 1. The first-order valence-electron chi connectivity index (χ1n) is 7.01. The van der Waals surface area contributed by atoms with E-state index in [9.17, 15) is 4.79 Å². The second kappa shape index (κ2) is 5.95. The Hall–Kier alpha value is -1.71. The Labute approximate surface area is 114 Å². The van der Waals surface area contributed by atoms with Gasteiger partial charge in [0.2, 0.25) is 0 Å². The van der Waals surface area contributed by atoms with Crippen LogP contribution in [0, 0.1) is 0 Å². The monoisotopic (exact) mass is 262 g/mol. The molecule has 0 bridgehead atoms. The molecule has 19 heavy (non-hydrogen) atoms. The van der Waals surface area contributed by atoms with Gasteiger partial charge in [-0.1, -0.05) is 32.3 Å². The van der Waals surface area contributed by atoms with Gasteiger partial charge in [-0.25, -0.2) is 0 Å². The van der Waals surface area contributed by atoms with Gasteiger partial charge >= 0.3 is 0 Å². The number of fused-ring (bicyclic) bond motifs is 1. The van der Waals surface area contributed by atoms with E-state index in [0.717, 1.165) is 18.5 Å². The van der Waals surface area contributed by atoms with E-state index in [1.807, 2.05) is 18.2 Å². The molecule has 1 unspecified atom stereocenters. The van der Waals surface area contributed by atoms with Crippen molar-refractivity contribution in [3.8, 4) is 5.75 Å². The molecule has 1 aromatic carbocycles. The number of nitrogen functional groups attached to an aromatic ring is 1. The Morgan fingerprint density at radius 3 is 2.84 bits per heavy atom. The Balaban J connectivity index is 2.19. The van der Waals surface area contributed by atoms with Crippen molar-refractivity contribution >= 4 is 17.3 Å². The zero-order valence-corrected chi connectivity index (χ0v) is 11.7. The smallest absolute Gasteiger partial charge is 0.267 e. The summed E-state index contributed by atoms with van der Waals surface area (Å²) in [6, 6.07) is 5.53. The third-order valence-corrected chi connectivity index (χ3v) is 3.45. The third-order valence-electron chi connectivity index (χ3n) is 3.45. The van der Waals surface area contributed by atoms with Crippen molar-refractivity contribution < 1.29 is 9.53 Å². The quantitative estimate of drug-likeness (QED) is 0.655. The lowest BCUT2D eigenvalue weighted by atomic mass is 10.1. The van der Waals surface area contributed by atoms with E-state index in [4.69, 9.17) is 10.5 Å². The highest BCUT2D eigenvalue weighted by Crippen LogP contribution is 2.38. The van der Waals surface area contributed by atoms with E-state index in [0.29, 0.717) is 18.0 Å². The lowest BCUT2D eigenvalue weighted by Gasteiger charge is -2.33. The van der Waals surface area contributed by atoms with Gasteiger partial charge in [0.25, 0.3) is 5.91 Å². The standard InChI is InChI=1S/C15H22N2O2/c1-3-4-5-6-10-17-14-12(16)8-7-9-13(14)19-11(2)15(17)18/h7-9,11H,3-6,10,16H2,1-2H3. The van der Waals surface area contributed by atoms with Crippen molar-refractivity contribution in [1.82, 2.24) is 0 Å². The Morgan fingerprint density at radius 1 is 1.32 bits per heavy atom. The van der Waals surface area contributed by atoms with E-state index in [-0.39, 0.29) is 5.91 Å². The van der Waals surface area contributed by atoms with Crippen LogP contribution >= 0.6 is 0 Å². The van der Waals surface area contributed by atoms with E-state index >= 15 is 0 Å². The first-order valence-corrected chi connectivity index (χ1v) is 7.01. The number of para-hydroxylation sites is 1. The molecule has 4 heteroatoms. The molecule has 2 rings (SSSR count). The molecule has 1 heterocycles. The maximum Gasteiger partial charge on any atom is 0.267 e. The largest absolute Gasteiger partial charge is 0.479 e. The molecule has 0 saturated heterocycles. The van der Waals surface area contributed by atoms with Gasteiger partial charge < -0.3 is 15.4 Å². The molecule has 4 nitrogen and oxygen atoms in total. The molecule has 2 N–H and O–H groups in total. The lowest BCUT2D eigenvalue weighted by Crippen LogP contribution is -2.45. The van der Waals surface area contributed by atoms with E-state index in [2.05, 4.69) is 6.92 Å². The summed E-state index contributed by atoms with van der Waals surface area (Å²) in [6.07, 6.45) is 4.09. The Kier molecular flexibility index (Phi) is 4.30. The molecule has 0 radical (unpaired) electrons. The van der Waals surface area contributed by atoms with Crippen LogP contribution in [-0.4, -0.2) is 18.6 Å². The van der Waals surface area contributed by atoms with Gasteiger partial charge in [-0.05, 0) is 25.5 Å². The van der Waals surface area contributed by atoms with Crippen LogP contribution < -0.4 is 15.4 Å². The fraction of sp³-hybridized carbons (Fsp3) is 0.533. The topological polar surface area (TPSA) is 55.6 Å². The number of rotatable bonds is 5. The summed E-state index contributed by atoms with van der Waals surface area (Å²) >= 11 is 0. The summed E-state index contributed by atoms with van der Waals surface area (Å²) in [5.74, 6) is 0.712. The number of hydrogen-bond acceptors (Lipinski definition) is 3. The number of hydrogen-bond donors (Lipinski definition) is 1. The predicted molar refractivity (Wildman–Crippen MR) is 77.4 cm³/mol. The van der Waals surface area contributed by atoms with Gasteiger partial charge in [-0.3, -0.25) is 4.79 Å². The van der Waals surface area contributed by atoms with Gasteiger partial charge in [0, 0.05) is 6.54 Å². The van der Waals surface area contributed by atoms with Crippen molar-refractivity contribution in [3.05, 3.63) is 18.2 Å². The number of anilines is 2. The number of carbonyl (C=O) groups excluding carboxylic acids is 1. The highest BCUT2D eigenvalue weighted by atomic mass is 16.5. The summed E-state index contributed by atoms with van der Waals surface area (Å²) in [7, 11) is 0. The Bertz CT molecular complexity index is 459. The predicted octanol–water partition coefficient (Wildman–Crippen LogP) is 2.96. The molecule has 1 atom stereocenters. The minimum Gasteiger partial charge on any atom is -0.479 e. The molecule has 1 amide bonds. The molecular weight excluding hydrogens is 240 g/mol. The van der Waals surface area contributed by atoms with Gasteiger partial charge in [-0.15, -0.1) is 0 Å². The number of carbonyl (C=O) groups is 1. The molecular formula is C15H22N2O2. The zero-order chi connectivity index (χ0) is 13.8. The SMILES string of the molecule is CCCCCCN1C(=O)C(C)Oc2cccc(N)c21. The van der Waals surface area contributed by atoms with Crippen molar-refractivity contribution in [2.45, 2.75) is 45.6 Å². The maximum absolute atomic E-state index is 12.2. The average Bonchev–Trinajstić information content (AvgIpc) is 2.39. The third kappa shape index (κ3) is 2.83. The van der Waals surface area contributed by atoms with Crippen LogP contribution in [0.4, 0.5) is 11.4 Å². The molecule has 1 aliphatic heterocycles. The summed E-state index contributed by atoms with van der Waals surface area (Å²) in [5.41, 5.74) is 7.34. The van der Waals surface area contributed by atoms with Crippen LogP contribution in [0.3, 0.4) is 0 Å². The molecule has 0 aromatic heterocycles. The normalized spacial score (nSPS) is 18.1. The molecule has 1 aliphatic rings. The first-order chi connectivity index (χ1) is 9.15. The Morgan fingerprint density at radius 2 is 2.11 bits per heavy atom. The molecule has 104 valence electrons. The highest BCUT2D eigenvalue weighted by molar-refractivity contribution is 6.02. The van der Waals surface area contributed by atoms with Crippen LogP contribution in [-0.2, 0) is 4.79 Å². The number of benzene rings is 1. The molecule has 0 aliphatic carbocycles.